The van der Waals surface area contributed by atoms with Gasteiger partial charge in [-0.25, -0.2) is 0 Å². The third-order valence-corrected chi connectivity index (χ3v) is 3.15. The van der Waals surface area contributed by atoms with Crippen LogP contribution in [0.25, 0.3) is 0 Å². The maximum Gasteiger partial charge on any atom is 0.119 e. The van der Waals surface area contributed by atoms with Gasteiger partial charge in [-0.2, -0.15) is 0 Å². The molecule has 18 heavy (non-hydrogen) atoms. The first kappa shape index (κ1) is 15.0. The van der Waals surface area contributed by atoms with E-state index in [1.54, 1.807) is 7.11 Å². The molecule has 0 heterocycles. The van der Waals surface area contributed by atoms with Crippen molar-refractivity contribution in [1.29, 1.82) is 0 Å². The molecule has 2 heteroatoms. The molecule has 1 aromatic rings. The number of hydrogen-bond donors (Lipinski definition) is 0. The molecular weight excluding hydrogens is 288 g/mol. The van der Waals surface area contributed by atoms with Gasteiger partial charge in [0.15, 0.2) is 0 Å². The summed E-state index contributed by atoms with van der Waals surface area (Å²) in [6.45, 7) is 6.08. The van der Waals surface area contributed by atoms with Gasteiger partial charge in [0.2, 0.25) is 0 Å². The molecule has 0 radical (unpaired) electrons. The Morgan fingerprint density at radius 3 is 2.83 bits per heavy atom. The van der Waals surface area contributed by atoms with E-state index >= 15 is 0 Å². The molecule has 1 nitrogen and oxygen atoms in total. The first-order valence-corrected chi connectivity index (χ1v) is 7.09. The first-order chi connectivity index (χ1) is 8.65. The lowest BCUT2D eigenvalue weighted by Crippen LogP contribution is -1.88. The van der Waals surface area contributed by atoms with Gasteiger partial charge in [0.25, 0.3) is 0 Å². The van der Waals surface area contributed by atoms with Gasteiger partial charge in [-0.3, -0.25) is 0 Å². The number of allylic oxidation sites excluding steroid dienone is 3. The second-order valence-electron chi connectivity index (χ2n) is 4.30. The molecule has 0 unspecified atom stereocenters. The number of aryl methyl sites for hydroxylation is 1. The lowest BCUT2D eigenvalue weighted by molar-refractivity contribution is 0.414. The van der Waals surface area contributed by atoms with Crippen LogP contribution in [0.2, 0.25) is 0 Å². The molecule has 0 aromatic heterocycles. The molecule has 98 valence electrons. The number of hydrogen-bond acceptors (Lipinski definition) is 1. The summed E-state index contributed by atoms with van der Waals surface area (Å²) in [4.78, 5) is 0. The summed E-state index contributed by atoms with van der Waals surface area (Å²) < 4.78 is 6.28. The zero-order valence-corrected chi connectivity index (χ0v) is 12.8. The topological polar surface area (TPSA) is 9.23 Å². The van der Waals surface area contributed by atoms with Crippen molar-refractivity contribution in [3.05, 3.63) is 52.5 Å². The lowest BCUT2D eigenvalue weighted by atomic mass is 10.0. The highest BCUT2D eigenvalue weighted by Crippen LogP contribution is 2.19. The van der Waals surface area contributed by atoms with Crippen molar-refractivity contribution in [2.24, 2.45) is 0 Å². The van der Waals surface area contributed by atoms with Crippen LogP contribution < -0.4 is 4.74 Å². The van der Waals surface area contributed by atoms with Crippen LogP contribution in [-0.2, 0) is 6.42 Å². The second-order valence-corrected chi connectivity index (χ2v) is 5.42. The normalized spacial score (nSPS) is 11.4. The van der Waals surface area contributed by atoms with E-state index in [0.717, 1.165) is 35.9 Å². The smallest absolute Gasteiger partial charge is 0.119 e. The fraction of sp³-hybridized carbons (Fsp3) is 0.375. The first-order valence-electron chi connectivity index (χ1n) is 6.29. The summed E-state index contributed by atoms with van der Waals surface area (Å²) in [5.41, 5.74) is 2.76. The Balaban J connectivity index is 2.53. The van der Waals surface area contributed by atoms with Crippen molar-refractivity contribution in [1.82, 2.24) is 0 Å². The minimum absolute atomic E-state index is 0.932. The summed E-state index contributed by atoms with van der Waals surface area (Å²) in [5.74, 6) is 0.932. The largest absolute Gasteiger partial charge is 0.497 e. The Kier molecular flexibility index (Phi) is 6.81. The average Bonchev–Trinajstić information content (AvgIpc) is 2.37. The predicted molar refractivity (Wildman–Crippen MR) is 82.4 cm³/mol. The van der Waals surface area contributed by atoms with E-state index in [-0.39, 0.29) is 0 Å². The molecule has 0 saturated carbocycles. The van der Waals surface area contributed by atoms with Crippen LogP contribution in [0.15, 0.2) is 47.0 Å². The van der Waals surface area contributed by atoms with Gasteiger partial charge in [0.05, 0.1) is 7.11 Å². The van der Waals surface area contributed by atoms with E-state index in [4.69, 9.17) is 4.74 Å². The fourth-order valence-electron chi connectivity index (χ4n) is 1.86. The molecule has 0 fully saturated rings. The highest BCUT2D eigenvalue weighted by atomic mass is 79.9. The molecule has 1 rings (SSSR count). The van der Waals surface area contributed by atoms with E-state index in [2.05, 4.69) is 47.6 Å². The van der Waals surface area contributed by atoms with E-state index < -0.39 is 0 Å². The standard InChI is InChI=1S/C16H21BrO/c1-4-14(11-13(2)17)7-5-8-15-9-6-10-16(12-15)18-3/h6-7,9-10,12H,2,4-5,8,11H2,1,3H3/b14-7+. The highest BCUT2D eigenvalue weighted by Gasteiger charge is 1.98. The van der Waals surface area contributed by atoms with E-state index in [1.165, 1.54) is 11.1 Å². The molecule has 0 aliphatic carbocycles. The number of benzene rings is 1. The number of rotatable bonds is 7. The van der Waals surface area contributed by atoms with Crippen molar-refractivity contribution < 1.29 is 4.74 Å². The van der Waals surface area contributed by atoms with Crippen molar-refractivity contribution >= 4 is 15.9 Å². The molecule has 0 atom stereocenters. The molecular formula is C16H21BrO. The van der Waals surface area contributed by atoms with Crippen molar-refractivity contribution in [2.45, 2.75) is 32.6 Å². The Hall–Kier alpha value is -1.02. The zero-order chi connectivity index (χ0) is 13.4. The van der Waals surface area contributed by atoms with Gasteiger partial charge in [0, 0.05) is 0 Å². The van der Waals surface area contributed by atoms with Crippen LogP contribution in [0.3, 0.4) is 0 Å². The van der Waals surface area contributed by atoms with E-state index in [0.29, 0.717) is 0 Å². The zero-order valence-electron chi connectivity index (χ0n) is 11.2. The molecule has 0 amide bonds. The van der Waals surface area contributed by atoms with Crippen LogP contribution in [0.1, 0.15) is 31.7 Å². The van der Waals surface area contributed by atoms with Gasteiger partial charge in [-0.15, -0.1) is 0 Å². The summed E-state index contributed by atoms with van der Waals surface area (Å²) in [6, 6.07) is 8.26. The fourth-order valence-corrected chi connectivity index (χ4v) is 2.22. The van der Waals surface area contributed by atoms with Crippen LogP contribution >= 0.6 is 15.9 Å². The molecule has 0 N–H and O–H groups in total. The molecule has 0 aliphatic heterocycles. The van der Waals surface area contributed by atoms with Crippen LogP contribution in [0.4, 0.5) is 0 Å². The van der Waals surface area contributed by atoms with Crippen LogP contribution in [-0.4, -0.2) is 7.11 Å². The van der Waals surface area contributed by atoms with Crippen molar-refractivity contribution in [3.63, 3.8) is 0 Å². The van der Waals surface area contributed by atoms with Gasteiger partial charge in [0.1, 0.15) is 5.75 Å². The predicted octanol–water partition coefficient (Wildman–Crippen LogP) is 5.26. The average molecular weight is 309 g/mol. The highest BCUT2D eigenvalue weighted by molar-refractivity contribution is 9.11. The Morgan fingerprint density at radius 1 is 1.44 bits per heavy atom. The molecule has 1 aromatic carbocycles. The third kappa shape index (κ3) is 5.54. The summed E-state index contributed by atoms with van der Waals surface area (Å²) in [7, 11) is 1.70. The Bertz CT molecular complexity index is 421. The summed E-state index contributed by atoms with van der Waals surface area (Å²) in [5, 5.41) is 0. The number of halogens is 1. The van der Waals surface area contributed by atoms with Gasteiger partial charge in [-0.05, 0) is 47.9 Å². The van der Waals surface area contributed by atoms with Crippen molar-refractivity contribution in [3.8, 4) is 5.75 Å². The van der Waals surface area contributed by atoms with Crippen molar-refractivity contribution in [2.75, 3.05) is 7.11 Å². The molecule has 0 aliphatic rings. The molecule has 0 saturated heterocycles. The Labute approximate surface area is 119 Å². The maximum absolute atomic E-state index is 5.22. The Morgan fingerprint density at radius 2 is 2.22 bits per heavy atom. The third-order valence-electron chi connectivity index (χ3n) is 2.87. The summed E-state index contributed by atoms with van der Waals surface area (Å²) >= 11 is 3.42. The monoisotopic (exact) mass is 308 g/mol. The van der Waals surface area contributed by atoms with Gasteiger partial charge >= 0.3 is 0 Å². The summed E-state index contributed by atoms with van der Waals surface area (Å²) in [6.07, 6.45) is 6.48. The van der Waals surface area contributed by atoms with E-state index in [9.17, 15) is 0 Å². The SMILES string of the molecule is C=C(Br)C/C(=C/CCc1cccc(OC)c1)CC. The number of methoxy groups -OCH3 is 1. The maximum atomic E-state index is 5.22. The lowest BCUT2D eigenvalue weighted by Gasteiger charge is -2.05. The minimum Gasteiger partial charge on any atom is -0.497 e. The van der Waals surface area contributed by atoms with Gasteiger partial charge in [-0.1, -0.05) is 53.2 Å². The number of ether oxygens (including phenoxy) is 1. The minimum atomic E-state index is 0.932. The van der Waals surface area contributed by atoms with Gasteiger partial charge < -0.3 is 4.74 Å². The second kappa shape index (κ2) is 8.15. The van der Waals surface area contributed by atoms with Crippen LogP contribution in [0, 0.1) is 0 Å². The van der Waals surface area contributed by atoms with E-state index in [1.807, 2.05) is 12.1 Å². The molecule has 0 spiro atoms. The quantitative estimate of drug-likeness (QED) is 0.624. The van der Waals surface area contributed by atoms with Crippen LogP contribution in [0.5, 0.6) is 5.75 Å². The molecule has 0 bridgehead atoms.